The molecule has 0 aliphatic carbocycles. The number of carbonyl (C=O) groups excluding carboxylic acids is 3. The van der Waals surface area contributed by atoms with E-state index in [4.69, 9.17) is 4.74 Å². The normalized spacial score (nSPS) is 11.4. The molecule has 2 aromatic rings. The number of ketones is 1. The van der Waals surface area contributed by atoms with Crippen LogP contribution in [-0.2, 0) is 25.5 Å². The Labute approximate surface area is 157 Å². The number of hydrogen-bond acceptors (Lipinski definition) is 5. The molecule has 1 atom stereocenters. The minimum Gasteiger partial charge on any atom is -0.455 e. The van der Waals surface area contributed by atoms with Crippen LogP contribution >= 0.6 is 11.8 Å². The van der Waals surface area contributed by atoms with E-state index in [0.717, 1.165) is 10.5 Å². The van der Waals surface area contributed by atoms with Crippen LogP contribution in [0.1, 0.15) is 12.5 Å². The molecule has 0 aromatic heterocycles. The van der Waals surface area contributed by atoms with Crippen LogP contribution in [-0.4, -0.2) is 36.1 Å². The molecule has 0 bridgehead atoms. The topological polar surface area (TPSA) is 72.5 Å². The number of hydrogen-bond donors (Lipinski definition) is 1. The van der Waals surface area contributed by atoms with Crippen LogP contribution in [0, 0.1) is 0 Å². The van der Waals surface area contributed by atoms with E-state index in [1.165, 1.54) is 18.7 Å². The summed E-state index contributed by atoms with van der Waals surface area (Å²) in [6, 6.07) is 18.2. The Balaban J connectivity index is 1.75. The van der Waals surface area contributed by atoms with Gasteiger partial charge in [0.25, 0.3) is 5.91 Å². The number of Topliss-reactive ketones (excluding diaryl/α,β-unsaturated/α-hetero) is 1. The Hall–Kier alpha value is -2.60. The second-order valence-electron chi connectivity index (χ2n) is 5.68. The zero-order chi connectivity index (χ0) is 18.8. The quantitative estimate of drug-likeness (QED) is 0.542. The number of thioether (sulfide) groups is 1. The maximum Gasteiger partial charge on any atom is 0.316 e. The molecule has 6 heteroatoms. The Kier molecular flexibility index (Phi) is 7.89. The largest absolute Gasteiger partial charge is 0.455 e. The molecule has 2 rings (SSSR count). The molecule has 26 heavy (non-hydrogen) atoms. The van der Waals surface area contributed by atoms with E-state index in [1.54, 1.807) is 0 Å². The first kappa shape index (κ1) is 19.7. The summed E-state index contributed by atoms with van der Waals surface area (Å²) in [6.45, 7) is 1.03. The lowest BCUT2D eigenvalue weighted by atomic mass is 10.0. The molecule has 0 radical (unpaired) electrons. The minimum absolute atomic E-state index is 0.122. The molecule has 0 heterocycles. The van der Waals surface area contributed by atoms with Crippen molar-refractivity contribution in [3.05, 3.63) is 66.2 Å². The summed E-state index contributed by atoms with van der Waals surface area (Å²) in [7, 11) is 0. The number of carbonyl (C=O) groups is 3. The predicted octanol–water partition coefficient (Wildman–Crippen LogP) is 2.64. The monoisotopic (exact) mass is 371 g/mol. The summed E-state index contributed by atoms with van der Waals surface area (Å²) in [5.74, 6) is -0.985. The van der Waals surface area contributed by atoms with Crippen molar-refractivity contribution in [3.8, 4) is 0 Å². The second kappa shape index (κ2) is 10.4. The fourth-order valence-electron chi connectivity index (χ4n) is 2.23. The molecule has 5 nitrogen and oxygen atoms in total. The third-order valence-electron chi connectivity index (χ3n) is 3.57. The van der Waals surface area contributed by atoms with Crippen LogP contribution in [0.15, 0.2) is 65.6 Å². The molecule has 136 valence electrons. The van der Waals surface area contributed by atoms with Gasteiger partial charge in [0.05, 0.1) is 11.8 Å². The fourth-order valence-corrected chi connectivity index (χ4v) is 2.95. The molecule has 1 amide bonds. The lowest BCUT2D eigenvalue weighted by molar-refractivity contribution is -0.146. The van der Waals surface area contributed by atoms with Crippen molar-refractivity contribution < 1.29 is 19.1 Å². The van der Waals surface area contributed by atoms with E-state index in [2.05, 4.69) is 5.32 Å². The van der Waals surface area contributed by atoms with Gasteiger partial charge in [0.15, 0.2) is 12.4 Å². The van der Waals surface area contributed by atoms with E-state index in [9.17, 15) is 14.4 Å². The first-order chi connectivity index (χ1) is 12.5. The summed E-state index contributed by atoms with van der Waals surface area (Å²) in [5.41, 5.74) is 0.948. The van der Waals surface area contributed by atoms with Crippen LogP contribution in [0.5, 0.6) is 0 Å². The van der Waals surface area contributed by atoms with Gasteiger partial charge in [-0.2, -0.15) is 0 Å². The number of amides is 1. The summed E-state index contributed by atoms with van der Waals surface area (Å²) in [4.78, 5) is 36.4. The van der Waals surface area contributed by atoms with Crippen LogP contribution in [0.25, 0.3) is 0 Å². The lowest BCUT2D eigenvalue weighted by Crippen LogP contribution is -2.43. The Morgan fingerprint density at radius 1 is 1.00 bits per heavy atom. The molecule has 0 saturated carbocycles. The van der Waals surface area contributed by atoms with Gasteiger partial charge in [-0.1, -0.05) is 48.5 Å². The molecule has 0 fully saturated rings. The van der Waals surface area contributed by atoms with Crippen molar-refractivity contribution >= 4 is 29.4 Å². The van der Waals surface area contributed by atoms with Gasteiger partial charge in [-0.15, -0.1) is 11.8 Å². The van der Waals surface area contributed by atoms with E-state index in [0.29, 0.717) is 6.42 Å². The highest BCUT2D eigenvalue weighted by atomic mass is 32.2. The van der Waals surface area contributed by atoms with Crippen molar-refractivity contribution in [2.45, 2.75) is 24.3 Å². The van der Waals surface area contributed by atoms with Crippen molar-refractivity contribution in [3.63, 3.8) is 0 Å². The van der Waals surface area contributed by atoms with Crippen LogP contribution in [0.2, 0.25) is 0 Å². The van der Waals surface area contributed by atoms with Crippen molar-refractivity contribution in [1.82, 2.24) is 5.32 Å². The van der Waals surface area contributed by atoms with Gasteiger partial charge in [-0.25, -0.2) is 0 Å². The first-order valence-corrected chi connectivity index (χ1v) is 9.20. The molecule has 0 aliphatic rings. The average molecular weight is 371 g/mol. The lowest BCUT2D eigenvalue weighted by Gasteiger charge is -2.16. The van der Waals surface area contributed by atoms with Gasteiger partial charge in [0, 0.05) is 4.90 Å². The fraction of sp³-hybridized carbons (Fsp3) is 0.250. The molecule has 2 aromatic carbocycles. The Morgan fingerprint density at radius 2 is 1.62 bits per heavy atom. The summed E-state index contributed by atoms with van der Waals surface area (Å²) < 4.78 is 4.97. The molecule has 0 unspecified atom stereocenters. The first-order valence-electron chi connectivity index (χ1n) is 8.22. The van der Waals surface area contributed by atoms with Gasteiger partial charge >= 0.3 is 5.97 Å². The van der Waals surface area contributed by atoms with Crippen molar-refractivity contribution in [1.29, 1.82) is 0 Å². The number of esters is 1. The number of benzene rings is 2. The zero-order valence-corrected chi connectivity index (χ0v) is 15.3. The highest BCUT2D eigenvalue weighted by Crippen LogP contribution is 2.16. The number of nitrogens with one attached hydrogen (secondary N) is 1. The smallest absolute Gasteiger partial charge is 0.316 e. The van der Waals surface area contributed by atoms with Crippen LogP contribution < -0.4 is 5.32 Å². The second-order valence-corrected chi connectivity index (χ2v) is 6.73. The van der Waals surface area contributed by atoms with Crippen LogP contribution in [0.4, 0.5) is 0 Å². The van der Waals surface area contributed by atoms with Gasteiger partial charge in [-0.05, 0) is 31.0 Å². The van der Waals surface area contributed by atoms with Crippen molar-refractivity contribution in [2.75, 3.05) is 12.4 Å². The molecule has 0 spiro atoms. The van der Waals surface area contributed by atoms with E-state index >= 15 is 0 Å². The number of ether oxygens (including phenoxy) is 1. The van der Waals surface area contributed by atoms with Gasteiger partial charge in [0.2, 0.25) is 0 Å². The minimum atomic E-state index is -0.637. The van der Waals surface area contributed by atoms with Gasteiger partial charge in [0.1, 0.15) is 0 Å². The predicted molar refractivity (Wildman–Crippen MR) is 101 cm³/mol. The van der Waals surface area contributed by atoms with Gasteiger partial charge < -0.3 is 10.1 Å². The van der Waals surface area contributed by atoms with E-state index in [1.807, 2.05) is 60.7 Å². The molecule has 1 N–H and O–H groups in total. The van der Waals surface area contributed by atoms with E-state index in [-0.39, 0.29) is 11.5 Å². The van der Waals surface area contributed by atoms with Crippen LogP contribution in [0.3, 0.4) is 0 Å². The zero-order valence-electron chi connectivity index (χ0n) is 14.5. The van der Waals surface area contributed by atoms with Gasteiger partial charge in [-0.3, -0.25) is 14.4 Å². The Morgan fingerprint density at radius 3 is 2.23 bits per heavy atom. The van der Waals surface area contributed by atoms with E-state index < -0.39 is 24.5 Å². The van der Waals surface area contributed by atoms with Crippen molar-refractivity contribution in [2.24, 2.45) is 0 Å². The molecule has 0 aliphatic heterocycles. The molecular weight excluding hydrogens is 350 g/mol. The SMILES string of the molecule is CC(=O)[C@@H](Cc1ccccc1)NC(=O)COC(=O)CSc1ccccc1. The third-order valence-corrected chi connectivity index (χ3v) is 4.56. The summed E-state index contributed by atoms with van der Waals surface area (Å²) >= 11 is 1.34. The number of rotatable bonds is 9. The average Bonchev–Trinajstić information content (AvgIpc) is 2.66. The maximum absolute atomic E-state index is 12.0. The highest BCUT2D eigenvalue weighted by Gasteiger charge is 2.18. The maximum atomic E-state index is 12.0. The molecular formula is C20H21NO4S. The summed E-state index contributed by atoms with van der Waals surface area (Å²) in [6.07, 6.45) is 0.402. The molecule has 0 saturated heterocycles. The standard InChI is InChI=1S/C20H21NO4S/c1-15(22)18(12-16-8-4-2-5-9-16)21-19(23)13-25-20(24)14-26-17-10-6-3-7-11-17/h2-11,18H,12-14H2,1H3,(H,21,23)/t18-/m1/s1. The summed E-state index contributed by atoms with van der Waals surface area (Å²) in [5, 5.41) is 2.62. The third kappa shape index (κ3) is 7.11. The highest BCUT2D eigenvalue weighted by molar-refractivity contribution is 8.00. The Bertz CT molecular complexity index is 734.